The van der Waals surface area contributed by atoms with Crippen LogP contribution in [0, 0.1) is 5.92 Å². The molecule has 2 heterocycles. The van der Waals surface area contributed by atoms with Crippen molar-refractivity contribution < 1.29 is 4.79 Å². The largest absolute Gasteiger partial charge is 0.337 e. The van der Waals surface area contributed by atoms with E-state index in [9.17, 15) is 4.79 Å². The number of amides is 1. The van der Waals surface area contributed by atoms with Crippen molar-refractivity contribution in [2.45, 2.75) is 18.9 Å². The first-order chi connectivity index (χ1) is 9.15. The van der Waals surface area contributed by atoms with E-state index in [4.69, 9.17) is 11.6 Å². The Morgan fingerprint density at radius 3 is 3.00 bits per heavy atom. The van der Waals surface area contributed by atoms with Crippen molar-refractivity contribution in [1.29, 1.82) is 0 Å². The van der Waals surface area contributed by atoms with Gasteiger partial charge in [-0.1, -0.05) is 11.6 Å². The molecule has 2 atom stereocenters. The highest BCUT2D eigenvalue weighted by Gasteiger charge is 2.36. The second-order valence-corrected chi connectivity index (χ2v) is 6.59. The second-order valence-electron chi connectivity index (χ2n) is 5.30. The van der Waals surface area contributed by atoms with Crippen molar-refractivity contribution in [1.82, 2.24) is 10.2 Å². The maximum atomic E-state index is 12.5. The lowest BCUT2D eigenvalue weighted by atomic mass is 9.94. The number of benzene rings is 1. The molecule has 102 valence electrons. The third kappa shape index (κ3) is 2.67. The van der Waals surface area contributed by atoms with E-state index in [0.29, 0.717) is 22.5 Å². The van der Waals surface area contributed by atoms with Gasteiger partial charge in [0.1, 0.15) is 0 Å². The zero-order valence-electron chi connectivity index (χ0n) is 10.5. The molecule has 19 heavy (non-hydrogen) atoms. The smallest absolute Gasteiger partial charge is 0.255 e. The topological polar surface area (TPSA) is 32.3 Å². The minimum Gasteiger partial charge on any atom is -0.337 e. The normalized spacial score (nSPS) is 26.3. The van der Waals surface area contributed by atoms with Gasteiger partial charge in [0.25, 0.3) is 5.91 Å². The van der Waals surface area contributed by atoms with Crippen LogP contribution in [0.15, 0.2) is 22.7 Å². The van der Waals surface area contributed by atoms with E-state index >= 15 is 0 Å². The first kappa shape index (κ1) is 13.4. The summed E-state index contributed by atoms with van der Waals surface area (Å²) < 4.78 is 0.771. The van der Waals surface area contributed by atoms with Crippen LogP contribution < -0.4 is 5.32 Å². The molecule has 0 saturated carbocycles. The van der Waals surface area contributed by atoms with Crippen molar-refractivity contribution in [3.05, 3.63) is 33.3 Å². The maximum absolute atomic E-state index is 12.5. The van der Waals surface area contributed by atoms with Gasteiger partial charge in [0, 0.05) is 28.6 Å². The van der Waals surface area contributed by atoms with E-state index in [0.717, 1.165) is 24.1 Å². The van der Waals surface area contributed by atoms with Crippen LogP contribution in [-0.2, 0) is 0 Å². The van der Waals surface area contributed by atoms with Crippen LogP contribution in [0.4, 0.5) is 0 Å². The molecule has 2 fully saturated rings. The summed E-state index contributed by atoms with van der Waals surface area (Å²) in [7, 11) is 0. The summed E-state index contributed by atoms with van der Waals surface area (Å²) in [6.45, 7) is 2.76. The standard InChI is InChI=1S/C14H16BrClN2O/c15-12-6-10(16)3-4-11(12)14(19)18-7-9-2-1-5-17-13(9)8-18/h3-4,6,9,13,17H,1-2,5,7-8H2/t9-,13+/m0/s1. The molecule has 3 rings (SSSR count). The molecule has 5 heteroatoms. The molecule has 2 saturated heterocycles. The Kier molecular flexibility index (Phi) is 3.83. The fraction of sp³-hybridized carbons (Fsp3) is 0.500. The number of hydrogen-bond acceptors (Lipinski definition) is 2. The quantitative estimate of drug-likeness (QED) is 0.850. The van der Waals surface area contributed by atoms with Crippen molar-refractivity contribution in [3.63, 3.8) is 0 Å². The number of nitrogens with zero attached hydrogens (tertiary/aromatic N) is 1. The Bertz CT molecular complexity index is 494. The zero-order valence-corrected chi connectivity index (χ0v) is 12.9. The van der Waals surface area contributed by atoms with E-state index in [1.165, 1.54) is 12.8 Å². The van der Waals surface area contributed by atoms with Crippen LogP contribution in [0.1, 0.15) is 23.2 Å². The highest BCUT2D eigenvalue weighted by Crippen LogP contribution is 2.28. The summed E-state index contributed by atoms with van der Waals surface area (Å²) in [4.78, 5) is 14.5. The first-order valence-electron chi connectivity index (χ1n) is 6.63. The molecule has 0 radical (unpaired) electrons. The third-order valence-corrected chi connectivity index (χ3v) is 4.94. The summed E-state index contributed by atoms with van der Waals surface area (Å²) >= 11 is 9.34. The van der Waals surface area contributed by atoms with Gasteiger partial charge >= 0.3 is 0 Å². The van der Waals surface area contributed by atoms with Gasteiger partial charge in [0.2, 0.25) is 0 Å². The average Bonchev–Trinajstić information content (AvgIpc) is 2.81. The lowest BCUT2D eigenvalue weighted by Crippen LogP contribution is -2.41. The van der Waals surface area contributed by atoms with Crippen molar-refractivity contribution in [3.8, 4) is 0 Å². The Hall–Kier alpha value is -0.580. The molecule has 0 unspecified atom stereocenters. The monoisotopic (exact) mass is 342 g/mol. The number of hydrogen-bond donors (Lipinski definition) is 1. The maximum Gasteiger partial charge on any atom is 0.255 e. The molecular weight excluding hydrogens is 328 g/mol. The number of carbonyl (C=O) groups excluding carboxylic acids is 1. The molecule has 1 N–H and O–H groups in total. The molecule has 3 nitrogen and oxygen atoms in total. The summed E-state index contributed by atoms with van der Waals surface area (Å²) in [5.74, 6) is 0.712. The number of rotatable bonds is 1. The van der Waals surface area contributed by atoms with E-state index in [1.807, 2.05) is 4.90 Å². The van der Waals surface area contributed by atoms with Gasteiger partial charge < -0.3 is 10.2 Å². The van der Waals surface area contributed by atoms with Gasteiger partial charge in [-0.3, -0.25) is 4.79 Å². The van der Waals surface area contributed by atoms with E-state index < -0.39 is 0 Å². The molecular formula is C14H16BrClN2O. The summed E-state index contributed by atoms with van der Waals surface area (Å²) in [6.07, 6.45) is 2.44. The van der Waals surface area contributed by atoms with E-state index in [-0.39, 0.29) is 5.91 Å². The molecule has 1 aromatic rings. The highest BCUT2D eigenvalue weighted by atomic mass is 79.9. The van der Waals surface area contributed by atoms with Crippen LogP contribution in [0.3, 0.4) is 0 Å². The zero-order chi connectivity index (χ0) is 13.4. The second kappa shape index (κ2) is 5.43. The SMILES string of the molecule is O=C(c1ccc(Cl)cc1Br)N1C[C@@H]2CCCN[C@@H]2C1. The number of nitrogens with one attached hydrogen (secondary N) is 1. The van der Waals surface area contributed by atoms with E-state index in [2.05, 4.69) is 21.2 Å². The van der Waals surface area contributed by atoms with Gasteiger partial charge in [0.15, 0.2) is 0 Å². The molecule has 0 spiro atoms. The lowest BCUT2D eigenvalue weighted by molar-refractivity contribution is 0.0785. The first-order valence-corrected chi connectivity index (χ1v) is 7.80. The van der Waals surface area contributed by atoms with Gasteiger partial charge in [-0.2, -0.15) is 0 Å². The molecule has 0 aliphatic carbocycles. The Labute approximate surface area is 126 Å². The molecule has 2 aliphatic rings. The van der Waals surface area contributed by atoms with Crippen molar-refractivity contribution >= 4 is 33.4 Å². The number of halogens is 2. The Morgan fingerprint density at radius 1 is 1.42 bits per heavy atom. The molecule has 0 aromatic heterocycles. The van der Waals surface area contributed by atoms with Crippen molar-refractivity contribution in [2.24, 2.45) is 5.92 Å². The van der Waals surface area contributed by atoms with Crippen LogP contribution in [0.25, 0.3) is 0 Å². The van der Waals surface area contributed by atoms with Crippen LogP contribution in [0.5, 0.6) is 0 Å². The summed E-state index contributed by atoms with van der Waals surface area (Å²) in [6, 6.07) is 5.81. The fourth-order valence-corrected chi connectivity index (χ4v) is 3.90. The van der Waals surface area contributed by atoms with Gasteiger partial charge in [-0.25, -0.2) is 0 Å². The predicted molar refractivity (Wildman–Crippen MR) is 79.6 cm³/mol. The number of piperidine rings is 1. The molecule has 0 bridgehead atoms. The van der Waals surface area contributed by atoms with Crippen LogP contribution in [-0.4, -0.2) is 36.5 Å². The third-order valence-electron chi connectivity index (χ3n) is 4.05. The van der Waals surface area contributed by atoms with Gasteiger partial charge in [-0.15, -0.1) is 0 Å². The molecule has 2 aliphatic heterocycles. The number of fused-ring (bicyclic) bond motifs is 1. The highest BCUT2D eigenvalue weighted by molar-refractivity contribution is 9.10. The van der Waals surface area contributed by atoms with Gasteiger partial charge in [0.05, 0.1) is 5.56 Å². The minimum atomic E-state index is 0.0970. The average molecular weight is 344 g/mol. The summed E-state index contributed by atoms with van der Waals surface area (Å²) in [5, 5.41) is 4.15. The Balaban J connectivity index is 1.77. The predicted octanol–water partition coefficient (Wildman–Crippen LogP) is 2.93. The number of likely N-dealkylation sites (tertiary alicyclic amines) is 1. The molecule has 1 amide bonds. The summed E-state index contributed by atoms with van der Waals surface area (Å²) in [5.41, 5.74) is 0.697. The fourth-order valence-electron chi connectivity index (χ4n) is 3.05. The van der Waals surface area contributed by atoms with Gasteiger partial charge in [-0.05, 0) is 59.4 Å². The lowest BCUT2D eigenvalue weighted by Gasteiger charge is -2.24. The van der Waals surface area contributed by atoms with E-state index in [1.54, 1.807) is 18.2 Å². The van der Waals surface area contributed by atoms with Crippen LogP contribution >= 0.6 is 27.5 Å². The minimum absolute atomic E-state index is 0.0970. The number of carbonyl (C=O) groups is 1. The van der Waals surface area contributed by atoms with Crippen molar-refractivity contribution in [2.75, 3.05) is 19.6 Å². The Morgan fingerprint density at radius 2 is 2.26 bits per heavy atom. The van der Waals surface area contributed by atoms with Crippen LogP contribution in [0.2, 0.25) is 5.02 Å². The molecule has 1 aromatic carbocycles.